The van der Waals surface area contributed by atoms with Gasteiger partial charge in [-0.3, -0.25) is 9.48 Å². The van der Waals surface area contributed by atoms with E-state index in [0.717, 1.165) is 19.0 Å². The number of amides is 1. The third kappa shape index (κ3) is 4.77. The van der Waals surface area contributed by atoms with E-state index in [9.17, 15) is 23.1 Å². The molecule has 0 saturated heterocycles. The summed E-state index contributed by atoms with van der Waals surface area (Å²) in [6, 6.07) is 8.09. The Morgan fingerprint density at radius 1 is 1.26 bits per heavy atom. The van der Waals surface area contributed by atoms with Gasteiger partial charge in [-0.25, -0.2) is 17.9 Å². The summed E-state index contributed by atoms with van der Waals surface area (Å²) in [4.78, 5) is 23.0. The molecular formula is C22H25N3O5S. The van der Waals surface area contributed by atoms with Gasteiger partial charge in [-0.2, -0.15) is 5.10 Å². The molecule has 1 atom stereocenters. The fourth-order valence-electron chi connectivity index (χ4n) is 3.84. The first-order valence-electron chi connectivity index (χ1n) is 9.96. The summed E-state index contributed by atoms with van der Waals surface area (Å²) in [5.74, 6) is -1.79. The monoisotopic (exact) mass is 443 g/mol. The number of nitrogens with one attached hydrogen (secondary N) is 1. The fraction of sp³-hybridized carbons (Fsp3) is 0.318. The minimum Gasteiger partial charge on any atom is -0.476 e. The zero-order chi connectivity index (χ0) is 22.6. The number of carboxylic acid groups (broad SMARTS) is 1. The van der Waals surface area contributed by atoms with Crippen molar-refractivity contribution >= 4 is 21.9 Å². The van der Waals surface area contributed by atoms with Crippen LogP contribution in [0.15, 0.2) is 59.5 Å². The molecule has 0 radical (unpaired) electrons. The van der Waals surface area contributed by atoms with Crippen LogP contribution in [0.1, 0.15) is 48.4 Å². The number of aryl methyl sites for hydroxylation is 1. The lowest BCUT2D eigenvalue weighted by molar-refractivity contribution is -0.117. The topological polar surface area (TPSA) is 118 Å². The number of nitrogens with zero attached hydrogens (tertiary/aromatic N) is 2. The first kappa shape index (κ1) is 22.5. The number of allylic oxidation sites excluding steroid dienone is 4. The van der Waals surface area contributed by atoms with Gasteiger partial charge in [0, 0.05) is 18.0 Å². The molecule has 31 heavy (non-hydrogen) atoms. The molecule has 1 aliphatic carbocycles. The molecule has 1 heterocycles. The van der Waals surface area contributed by atoms with Crippen molar-refractivity contribution in [3.63, 3.8) is 0 Å². The first-order chi connectivity index (χ1) is 14.7. The molecule has 9 heteroatoms. The third-order valence-electron chi connectivity index (χ3n) is 5.16. The maximum absolute atomic E-state index is 12.9. The van der Waals surface area contributed by atoms with Gasteiger partial charge >= 0.3 is 5.97 Å². The zero-order valence-corrected chi connectivity index (χ0v) is 18.2. The zero-order valence-electron chi connectivity index (χ0n) is 17.4. The molecule has 1 aliphatic rings. The van der Waals surface area contributed by atoms with Crippen LogP contribution in [-0.2, 0) is 33.2 Å². The molecule has 2 aromatic rings. The summed E-state index contributed by atoms with van der Waals surface area (Å²) in [5, 5.41) is 13.7. The van der Waals surface area contributed by atoms with Crippen LogP contribution in [-0.4, -0.2) is 35.2 Å². The summed E-state index contributed by atoms with van der Waals surface area (Å²) in [7, 11) is -4.08. The van der Waals surface area contributed by atoms with E-state index >= 15 is 0 Å². The Labute approximate surface area is 181 Å². The Balaban J connectivity index is 2.15. The molecule has 3 rings (SSSR count). The number of rotatable bonds is 8. The lowest BCUT2D eigenvalue weighted by atomic mass is 9.75. The molecule has 2 N–H and O–H groups in total. The van der Waals surface area contributed by atoms with E-state index < -0.39 is 27.3 Å². The van der Waals surface area contributed by atoms with Gasteiger partial charge in [0.1, 0.15) is 0 Å². The van der Waals surface area contributed by atoms with Crippen molar-refractivity contribution in [2.75, 3.05) is 0 Å². The highest BCUT2D eigenvalue weighted by atomic mass is 32.2. The number of hydrogen-bond donors (Lipinski definition) is 2. The Morgan fingerprint density at radius 3 is 2.61 bits per heavy atom. The predicted octanol–water partition coefficient (Wildman–Crippen LogP) is 2.81. The molecule has 1 aromatic carbocycles. The molecule has 0 aliphatic heterocycles. The molecule has 1 amide bonds. The summed E-state index contributed by atoms with van der Waals surface area (Å²) < 4.78 is 29.5. The van der Waals surface area contributed by atoms with Crippen LogP contribution in [0.3, 0.4) is 0 Å². The lowest BCUT2D eigenvalue weighted by Crippen LogP contribution is -2.36. The van der Waals surface area contributed by atoms with Crippen molar-refractivity contribution in [2.45, 2.75) is 50.0 Å². The second kappa shape index (κ2) is 8.89. The molecule has 0 bridgehead atoms. The van der Waals surface area contributed by atoms with Gasteiger partial charge in [0.05, 0.1) is 11.4 Å². The van der Waals surface area contributed by atoms with E-state index in [4.69, 9.17) is 0 Å². The van der Waals surface area contributed by atoms with Gasteiger partial charge in [0.15, 0.2) is 5.69 Å². The number of aromatic carboxylic acids is 1. The second-order valence-corrected chi connectivity index (χ2v) is 9.19. The van der Waals surface area contributed by atoms with Crippen LogP contribution in [0.2, 0.25) is 0 Å². The van der Waals surface area contributed by atoms with E-state index in [0.29, 0.717) is 18.4 Å². The van der Waals surface area contributed by atoms with Gasteiger partial charge in [-0.05, 0) is 30.5 Å². The Hall–Kier alpha value is -3.20. The van der Waals surface area contributed by atoms with Gasteiger partial charge in [-0.1, -0.05) is 55.8 Å². The van der Waals surface area contributed by atoms with E-state index in [1.807, 2.05) is 35.9 Å². The van der Waals surface area contributed by atoms with Gasteiger partial charge in [-0.15, -0.1) is 0 Å². The number of carbonyl (C=O) groups is 2. The predicted molar refractivity (Wildman–Crippen MR) is 115 cm³/mol. The maximum Gasteiger partial charge on any atom is 0.356 e. The van der Waals surface area contributed by atoms with E-state index in [2.05, 4.69) is 5.10 Å². The molecule has 0 saturated carbocycles. The van der Waals surface area contributed by atoms with Crippen LogP contribution in [0.25, 0.3) is 0 Å². The standard InChI is InChI=1S/C22H25N3O5S/c1-3-9-17-14-19(21(27)28)23-25(17)15-22(12-7-4-8-13-22)18-10-5-6-11-20(18)31(29,30)24-16(2)26/h4-8,10-12,14H,3,9,13,15H2,1-2H3,(H,24,26)(H,27,28). The molecule has 1 aromatic heterocycles. The van der Waals surface area contributed by atoms with E-state index in [1.54, 1.807) is 28.9 Å². The third-order valence-corrected chi connectivity index (χ3v) is 6.65. The normalized spacial score (nSPS) is 18.1. The SMILES string of the molecule is CCCc1cc(C(=O)O)nn1CC1(c2ccccc2S(=O)(=O)NC(C)=O)C=CC=CC1. The quantitative estimate of drug-likeness (QED) is 0.648. The highest BCUT2D eigenvalue weighted by Gasteiger charge is 2.36. The highest BCUT2D eigenvalue weighted by Crippen LogP contribution is 2.38. The highest BCUT2D eigenvalue weighted by molar-refractivity contribution is 7.90. The minimum absolute atomic E-state index is 0.00723. The van der Waals surface area contributed by atoms with Crippen LogP contribution in [0.5, 0.6) is 0 Å². The van der Waals surface area contributed by atoms with Crippen LogP contribution < -0.4 is 4.72 Å². The van der Waals surface area contributed by atoms with Crippen molar-refractivity contribution in [3.05, 3.63) is 71.6 Å². The summed E-state index contributed by atoms with van der Waals surface area (Å²) >= 11 is 0. The van der Waals surface area contributed by atoms with Crippen LogP contribution in [0, 0.1) is 0 Å². The summed E-state index contributed by atoms with van der Waals surface area (Å²) in [6.45, 7) is 3.39. The van der Waals surface area contributed by atoms with Crippen molar-refractivity contribution < 1.29 is 23.1 Å². The Morgan fingerprint density at radius 2 is 2.00 bits per heavy atom. The number of hydrogen-bond acceptors (Lipinski definition) is 5. The van der Waals surface area contributed by atoms with Crippen LogP contribution in [0.4, 0.5) is 0 Å². The number of benzene rings is 1. The van der Waals surface area contributed by atoms with Crippen molar-refractivity contribution in [3.8, 4) is 0 Å². The largest absolute Gasteiger partial charge is 0.476 e. The number of aromatic nitrogens is 2. The van der Waals surface area contributed by atoms with Crippen LogP contribution >= 0.6 is 0 Å². The molecule has 1 unspecified atom stereocenters. The molecular weight excluding hydrogens is 418 g/mol. The van der Waals surface area contributed by atoms with Gasteiger partial charge < -0.3 is 5.11 Å². The summed E-state index contributed by atoms with van der Waals surface area (Å²) in [6.07, 6.45) is 9.50. The van der Waals surface area contributed by atoms with Gasteiger partial charge in [0.25, 0.3) is 10.0 Å². The van der Waals surface area contributed by atoms with E-state index in [-0.39, 0.29) is 17.1 Å². The fourth-order valence-corrected chi connectivity index (χ4v) is 5.15. The smallest absolute Gasteiger partial charge is 0.356 e. The van der Waals surface area contributed by atoms with Crippen molar-refractivity contribution in [2.24, 2.45) is 0 Å². The first-order valence-corrected chi connectivity index (χ1v) is 11.4. The molecule has 0 fully saturated rings. The van der Waals surface area contributed by atoms with Crippen molar-refractivity contribution in [1.82, 2.24) is 14.5 Å². The Bertz CT molecular complexity index is 1160. The number of sulfonamides is 1. The summed E-state index contributed by atoms with van der Waals surface area (Å²) in [5.41, 5.74) is 0.443. The lowest BCUT2D eigenvalue weighted by Gasteiger charge is -2.34. The molecule has 8 nitrogen and oxygen atoms in total. The maximum atomic E-state index is 12.9. The Kier molecular flexibility index (Phi) is 6.45. The minimum atomic E-state index is -4.08. The number of carboxylic acids is 1. The second-order valence-electron chi connectivity index (χ2n) is 7.54. The van der Waals surface area contributed by atoms with Gasteiger partial charge in [0.2, 0.25) is 5.91 Å². The van der Waals surface area contributed by atoms with E-state index in [1.165, 1.54) is 6.07 Å². The average Bonchev–Trinajstić information content (AvgIpc) is 3.11. The number of carbonyl (C=O) groups excluding carboxylic acids is 1. The van der Waals surface area contributed by atoms with Crippen molar-refractivity contribution in [1.29, 1.82) is 0 Å². The average molecular weight is 444 g/mol. The molecule has 0 spiro atoms. The molecule has 164 valence electrons.